The summed E-state index contributed by atoms with van der Waals surface area (Å²) in [6, 6.07) is 4.79. The van der Waals surface area contributed by atoms with Crippen molar-refractivity contribution in [1.82, 2.24) is 24.9 Å². The van der Waals surface area contributed by atoms with Crippen LogP contribution >= 0.6 is 0 Å². The molecule has 3 heterocycles. The van der Waals surface area contributed by atoms with Gasteiger partial charge in [0.1, 0.15) is 5.76 Å². The van der Waals surface area contributed by atoms with Crippen LogP contribution in [0.4, 0.5) is 11.5 Å². The van der Waals surface area contributed by atoms with Crippen LogP contribution in [0, 0.1) is 17.0 Å². The Morgan fingerprint density at radius 3 is 2.77 bits per heavy atom. The second-order valence-electron chi connectivity index (χ2n) is 6.43. The van der Waals surface area contributed by atoms with E-state index in [2.05, 4.69) is 20.8 Å². The van der Waals surface area contributed by atoms with E-state index in [0.29, 0.717) is 18.0 Å². The number of furan rings is 1. The smallest absolute Gasteiger partial charge is 0.390 e. The van der Waals surface area contributed by atoms with Crippen molar-refractivity contribution in [2.24, 2.45) is 0 Å². The van der Waals surface area contributed by atoms with Crippen LogP contribution in [0.3, 0.4) is 0 Å². The predicted octanol–water partition coefficient (Wildman–Crippen LogP) is 1.87. The van der Waals surface area contributed by atoms with Gasteiger partial charge in [0.2, 0.25) is 5.91 Å². The van der Waals surface area contributed by atoms with Crippen LogP contribution < -0.4 is 10.6 Å². The van der Waals surface area contributed by atoms with Crippen LogP contribution in [0.15, 0.2) is 35.1 Å². The molecular weight excluding hydrogens is 394 g/mol. The number of anilines is 1. The summed E-state index contributed by atoms with van der Waals surface area (Å²) < 4.78 is 8.11. The van der Waals surface area contributed by atoms with Crippen LogP contribution in [-0.4, -0.2) is 36.3 Å². The third-order valence-corrected chi connectivity index (χ3v) is 4.28. The summed E-state index contributed by atoms with van der Waals surface area (Å²) in [5.41, 5.74) is 0.941. The number of carbonyl (C=O) groups excluding carboxylic acids is 2. The molecule has 0 bridgehead atoms. The molecule has 0 saturated heterocycles. The molecule has 3 aromatic heterocycles. The van der Waals surface area contributed by atoms with Gasteiger partial charge in [-0.1, -0.05) is 0 Å². The first-order chi connectivity index (χ1) is 14.4. The van der Waals surface area contributed by atoms with Crippen LogP contribution in [0.1, 0.15) is 35.3 Å². The quantitative estimate of drug-likeness (QED) is 0.400. The van der Waals surface area contributed by atoms with Gasteiger partial charge in [-0.15, -0.1) is 0 Å². The van der Waals surface area contributed by atoms with Gasteiger partial charge in [0.25, 0.3) is 5.91 Å². The highest BCUT2D eigenvalue weighted by Gasteiger charge is 2.20. The molecule has 30 heavy (non-hydrogen) atoms. The number of rotatable bonds is 9. The first-order valence-electron chi connectivity index (χ1n) is 9.24. The maximum absolute atomic E-state index is 12.5. The van der Waals surface area contributed by atoms with Crippen LogP contribution in [0.2, 0.25) is 0 Å². The lowest BCUT2D eigenvalue weighted by Gasteiger charge is -2.06. The number of aromatic nitrogens is 4. The highest BCUT2D eigenvalue weighted by atomic mass is 16.6. The first kappa shape index (κ1) is 20.8. The van der Waals surface area contributed by atoms with E-state index in [1.54, 1.807) is 29.9 Å². The number of hydrogen-bond acceptors (Lipinski definition) is 7. The van der Waals surface area contributed by atoms with Gasteiger partial charge in [-0.2, -0.15) is 9.78 Å². The molecule has 0 fully saturated rings. The summed E-state index contributed by atoms with van der Waals surface area (Å²) in [7, 11) is 0. The van der Waals surface area contributed by atoms with Gasteiger partial charge in [0.15, 0.2) is 5.69 Å². The SMILES string of the molecule is CCn1cc(NC(=O)CCn2nc([N+](=O)[O-])cc2C)c(C(=O)NCc2ccco2)n1. The topological polar surface area (TPSA) is 150 Å². The van der Waals surface area contributed by atoms with Crippen molar-refractivity contribution in [3.63, 3.8) is 0 Å². The van der Waals surface area contributed by atoms with Gasteiger partial charge >= 0.3 is 5.82 Å². The highest BCUT2D eigenvalue weighted by Crippen LogP contribution is 2.16. The number of nitrogens with one attached hydrogen (secondary N) is 2. The molecule has 0 aliphatic carbocycles. The van der Waals surface area contributed by atoms with Crippen LogP contribution in [-0.2, 0) is 24.4 Å². The lowest BCUT2D eigenvalue weighted by molar-refractivity contribution is -0.389. The predicted molar refractivity (Wildman–Crippen MR) is 105 cm³/mol. The molecule has 0 aromatic carbocycles. The Balaban J connectivity index is 1.63. The molecule has 0 atom stereocenters. The molecule has 0 radical (unpaired) electrons. The fourth-order valence-corrected chi connectivity index (χ4v) is 2.74. The average Bonchev–Trinajstić information content (AvgIpc) is 3.44. The van der Waals surface area contributed by atoms with E-state index in [0.717, 1.165) is 0 Å². The van der Waals surface area contributed by atoms with E-state index >= 15 is 0 Å². The molecule has 0 spiro atoms. The Morgan fingerprint density at radius 1 is 1.33 bits per heavy atom. The molecule has 0 aliphatic heterocycles. The van der Waals surface area contributed by atoms with Crippen molar-refractivity contribution in [1.29, 1.82) is 0 Å². The van der Waals surface area contributed by atoms with Crippen molar-refractivity contribution in [2.45, 2.75) is 39.9 Å². The van der Waals surface area contributed by atoms with Gasteiger partial charge in [0, 0.05) is 19.2 Å². The van der Waals surface area contributed by atoms with E-state index in [1.807, 2.05) is 6.92 Å². The molecule has 12 heteroatoms. The second kappa shape index (κ2) is 9.03. The van der Waals surface area contributed by atoms with Crippen molar-refractivity contribution in [2.75, 3.05) is 5.32 Å². The Morgan fingerprint density at radius 2 is 2.13 bits per heavy atom. The van der Waals surface area contributed by atoms with Gasteiger partial charge in [-0.25, -0.2) is 0 Å². The standard InChI is InChI=1S/C18H21N7O5/c1-3-23-11-14(17(22-23)18(27)19-10-13-5-4-8-30-13)20-16(26)6-7-24-12(2)9-15(21-24)25(28)29/h4-5,8-9,11H,3,6-7,10H2,1-2H3,(H,19,27)(H,20,26). The largest absolute Gasteiger partial charge is 0.467 e. The molecule has 3 aromatic rings. The zero-order valence-electron chi connectivity index (χ0n) is 16.5. The number of carbonyl (C=O) groups is 2. The van der Waals surface area contributed by atoms with E-state index < -0.39 is 10.8 Å². The summed E-state index contributed by atoms with van der Waals surface area (Å²) in [5, 5.41) is 24.2. The molecule has 2 N–H and O–H groups in total. The first-order valence-corrected chi connectivity index (χ1v) is 9.24. The van der Waals surface area contributed by atoms with Crippen LogP contribution in [0.25, 0.3) is 0 Å². The molecule has 158 valence electrons. The molecular formula is C18H21N7O5. The van der Waals surface area contributed by atoms with Gasteiger partial charge in [0.05, 0.1) is 41.9 Å². The zero-order valence-corrected chi connectivity index (χ0v) is 16.5. The van der Waals surface area contributed by atoms with Crippen molar-refractivity contribution >= 4 is 23.3 Å². The van der Waals surface area contributed by atoms with Crippen molar-refractivity contribution in [3.05, 3.63) is 57.9 Å². The summed E-state index contributed by atoms with van der Waals surface area (Å²) in [6.07, 6.45) is 3.10. The zero-order chi connectivity index (χ0) is 21.7. The Labute approximate surface area is 171 Å². The Hall–Kier alpha value is -3.96. The fourth-order valence-electron chi connectivity index (χ4n) is 2.74. The van der Waals surface area contributed by atoms with Gasteiger partial charge in [-0.3, -0.25) is 14.3 Å². The van der Waals surface area contributed by atoms with E-state index in [4.69, 9.17) is 4.42 Å². The highest BCUT2D eigenvalue weighted by molar-refractivity contribution is 6.02. The monoisotopic (exact) mass is 415 g/mol. The Kier molecular flexibility index (Phi) is 6.25. The second-order valence-corrected chi connectivity index (χ2v) is 6.43. The Bertz CT molecular complexity index is 1050. The summed E-state index contributed by atoms with van der Waals surface area (Å²) in [6.45, 7) is 4.40. The van der Waals surface area contributed by atoms with E-state index in [1.165, 1.54) is 17.0 Å². The van der Waals surface area contributed by atoms with Gasteiger partial charge < -0.3 is 25.2 Å². The third-order valence-electron chi connectivity index (χ3n) is 4.28. The lowest BCUT2D eigenvalue weighted by Crippen LogP contribution is -2.25. The lowest BCUT2D eigenvalue weighted by atomic mass is 10.3. The van der Waals surface area contributed by atoms with Gasteiger partial charge in [-0.05, 0) is 30.9 Å². The third kappa shape index (κ3) is 4.90. The molecule has 2 amide bonds. The fraction of sp³-hybridized carbons (Fsp3) is 0.333. The molecule has 3 rings (SSSR count). The van der Waals surface area contributed by atoms with E-state index in [-0.39, 0.29) is 42.6 Å². The number of nitro groups is 1. The van der Waals surface area contributed by atoms with Crippen molar-refractivity contribution in [3.8, 4) is 0 Å². The maximum atomic E-state index is 12.5. The van der Waals surface area contributed by atoms with E-state index in [9.17, 15) is 19.7 Å². The summed E-state index contributed by atoms with van der Waals surface area (Å²) in [5.74, 6) is -0.504. The molecule has 0 saturated carbocycles. The normalized spacial score (nSPS) is 10.7. The average molecular weight is 415 g/mol. The maximum Gasteiger partial charge on any atom is 0.390 e. The number of nitrogens with zero attached hydrogens (tertiary/aromatic N) is 5. The van der Waals surface area contributed by atoms with Crippen molar-refractivity contribution < 1.29 is 18.9 Å². The van der Waals surface area contributed by atoms with Crippen LogP contribution in [0.5, 0.6) is 0 Å². The number of amides is 2. The molecule has 0 unspecified atom stereocenters. The molecule has 12 nitrogen and oxygen atoms in total. The molecule has 0 aliphatic rings. The minimum absolute atomic E-state index is 0.0183. The summed E-state index contributed by atoms with van der Waals surface area (Å²) in [4.78, 5) is 35.1. The summed E-state index contributed by atoms with van der Waals surface area (Å²) >= 11 is 0. The number of aryl methyl sites for hydroxylation is 3. The minimum atomic E-state index is -0.587. The minimum Gasteiger partial charge on any atom is -0.467 e. The number of hydrogen-bond donors (Lipinski definition) is 2.